The van der Waals surface area contributed by atoms with E-state index in [0.29, 0.717) is 35.2 Å². The second-order valence-electron chi connectivity index (χ2n) is 7.22. The molecule has 7 heteroatoms. The van der Waals surface area contributed by atoms with Crippen LogP contribution in [0.3, 0.4) is 0 Å². The molecule has 1 aliphatic carbocycles. The average Bonchev–Trinajstić information content (AvgIpc) is 2.95. The van der Waals surface area contributed by atoms with Crippen molar-refractivity contribution in [3.63, 3.8) is 0 Å². The van der Waals surface area contributed by atoms with Crippen molar-refractivity contribution in [1.82, 2.24) is 19.8 Å². The second-order valence-corrected chi connectivity index (χ2v) is 7.66. The van der Waals surface area contributed by atoms with Gasteiger partial charge in [-0.2, -0.15) is 0 Å². The van der Waals surface area contributed by atoms with E-state index in [0.717, 1.165) is 31.6 Å². The number of amides is 1. The van der Waals surface area contributed by atoms with Crippen molar-refractivity contribution < 1.29 is 9.53 Å². The van der Waals surface area contributed by atoms with E-state index in [1.165, 1.54) is 0 Å². The minimum Gasteiger partial charge on any atom is -0.389 e. The quantitative estimate of drug-likeness (QED) is 0.844. The summed E-state index contributed by atoms with van der Waals surface area (Å²) in [5.74, 6) is 2.31. The molecular weight excluding hydrogens is 352 g/mol. The minimum absolute atomic E-state index is 0.330. The molecule has 1 aromatic heterocycles. The van der Waals surface area contributed by atoms with Gasteiger partial charge in [-0.25, -0.2) is 9.78 Å². The van der Waals surface area contributed by atoms with E-state index in [1.54, 1.807) is 17.1 Å². The summed E-state index contributed by atoms with van der Waals surface area (Å²) in [5, 5.41) is 4.11. The Morgan fingerprint density at radius 3 is 2.92 bits per heavy atom. The highest BCUT2D eigenvalue weighted by Gasteiger charge is 2.53. The van der Waals surface area contributed by atoms with Crippen LogP contribution < -0.4 is 10.1 Å². The summed E-state index contributed by atoms with van der Waals surface area (Å²) in [4.78, 5) is 18.6. The maximum atomic E-state index is 12.7. The van der Waals surface area contributed by atoms with Crippen molar-refractivity contribution in [2.24, 2.45) is 24.8 Å². The molecule has 2 atom stereocenters. The van der Waals surface area contributed by atoms with E-state index >= 15 is 0 Å². The number of fused-ring (bicyclic) bond motifs is 1. The summed E-state index contributed by atoms with van der Waals surface area (Å²) in [7, 11) is 1.85. The fraction of sp³-hybridized carbons (Fsp3) is 0.474. The van der Waals surface area contributed by atoms with Gasteiger partial charge in [-0.3, -0.25) is 0 Å². The first-order valence-electron chi connectivity index (χ1n) is 9.00. The number of rotatable bonds is 6. The number of carbonyl (C=O) groups excluding carboxylic acids is 1. The molecule has 1 amide bonds. The smallest absolute Gasteiger partial charge is 0.389 e. The molecule has 1 saturated carbocycles. The van der Waals surface area contributed by atoms with Gasteiger partial charge in [-0.05, 0) is 55.0 Å². The van der Waals surface area contributed by atoms with E-state index in [2.05, 4.69) is 10.3 Å². The molecule has 6 nitrogen and oxygen atoms in total. The summed E-state index contributed by atoms with van der Waals surface area (Å²) in [6.45, 7) is 3.47. The van der Waals surface area contributed by atoms with Crippen LogP contribution in [0.5, 0.6) is 5.88 Å². The van der Waals surface area contributed by atoms with Crippen LogP contribution in [0.1, 0.15) is 5.56 Å². The molecule has 4 rings (SSSR count). The molecule has 0 radical (unpaired) electrons. The van der Waals surface area contributed by atoms with Crippen LogP contribution in [0.15, 0.2) is 36.8 Å². The first-order chi connectivity index (χ1) is 12.6. The molecule has 1 saturated heterocycles. The number of hydrogen-bond acceptors (Lipinski definition) is 4. The molecule has 2 heterocycles. The maximum Gasteiger partial charge on any atom is 0.416 e. The average molecular weight is 375 g/mol. The van der Waals surface area contributed by atoms with Gasteiger partial charge >= 0.3 is 6.09 Å². The summed E-state index contributed by atoms with van der Waals surface area (Å²) in [6, 6.07) is 7.77. The van der Waals surface area contributed by atoms with Crippen LogP contribution in [-0.4, -0.2) is 46.7 Å². The molecule has 2 unspecified atom stereocenters. The van der Waals surface area contributed by atoms with Crippen LogP contribution in [-0.2, 0) is 13.5 Å². The van der Waals surface area contributed by atoms with E-state index in [4.69, 9.17) is 16.3 Å². The number of aromatic nitrogens is 2. The van der Waals surface area contributed by atoms with Crippen LogP contribution >= 0.6 is 11.6 Å². The van der Waals surface area contributed by atoms with Gasteiger partial charge in [0.25, 0.3) is 0 Å². The lowest BCUT2D eigenvalue weighted by Crippen LogP contribution is -2.38. The van der Waals surface area contributed by atoms with Crippen LogP contribution in [0.4, 0.5) is 4.79 Å². The summed E-state index contributed by atoms with van der Waals surface area (Å²) in [5.41, 5.74) is 1.12. The third kappa shape index (κ3) is 3.86. The van der Waals surface area contributed by atoms with Crippen molar-refractivity contribution in [2.45, 2.75) is 6.42 Å². The fourth-order valence-corrected chi connectivity index (χ4v) is 4.09. The molecule has 0 spiro atoms. The Bertz CT molecular complexity index is 783. The molecule has 138 valence electrons. The lowest BCUT2D eigenvalue weighted by molar-refractivity contribution is 0.147. The largest absolute Gasteiger partial charge is 0.416 e. The highest BCUT2D eigenvalue weighted by molar-refractivity contribution is 6.30. The van der Waals surface area contributed by atoms with E-state index in [9.17, 15) is 4.79 Å². The van der Waals surface area contributed by atoms with E-state index in [1.807, 2.05) is 36.2 Å². The molecule has 0 bridgehead atoms. The van der Waals surface area contributed by atoms with Crippen LogP contribution in [0, 0.1) is 17.8 Å². The van der Waals surface area contributed by atoms with Crippen molar-refractivity contribution >= 4 is 17.7 Å². The fourth-order valence-electron chi connectivity index (χ4n) is 3.88. The van der Waals surface area contributed by atoms with E-state index < -0.39 is 0 Å². The maximum absolute atomic E-state index is 12.7. The zero-order valence-corrected chi connectivity index (χ0v) is 15.5. The Labute approximate surface area is 158 Å². The monoisotopic (exact) mass is 374 g/mol. The van der Waals surface area contributed by atoms with Gasteiger partial charge in [0.1, 0.15) is 0 Å². The van der Waals surface area contributed by atoms with Gasteiger partial charge in [0.15, 0.2) is 0 Å². The highest BCUT2D eigenvalue weighted by atomic mass is 35.5. The van der Waals surface area contributed by atoms with Crippen LogP contribution in [0.25, 0.3) is 0 Å². The number of nitrogens with zero attached hydrogens (tertiary/aromatic N) is 3. The van der Waals surface area contributed by atoms with E-state index in [-0.39, 0.29) is 6.09 Å². The SMILES string of the molecule is Cn1cnc(OC(=O)N(CCc2cccc(Cl)c2)CC2C3CNCC32)c1. The Balaban J connectivity index is 1.41. The molecule has 1 aromatic carbocycles. The number of halogens is 1. The lowest BCUT2D eigenvalue weighted by atomic mass is 10.1. The third-order valence-electron chi connectivity index (χ3n) is 5.39. The number of piperidine rings is 1. The Kier molecular flexibility index (Phi) is 4.87. The molecular formula is C19H23ClN4O2. The molecule has 1 N–H and O–H groups in total. The molecule has 2 fully saturated rings. The zero-order chi connectivity index (χ0) is 18.1. The van der Waals surface area contributed by atoms with Gasteiger partial charge in [-0.15, -0.1) is 0 Å². The molecule has 1 aliphatic heterocycles. The number of ether oxygens (including phenoxy) is 1. The summed E-state index contributed by atoms with van der Waals surface area (Å²) in [6.07, 6.45) is 3.74. The van der Waals surface area contributed by atoms with Gasteiger partial charge in [0.2, 0.25) is 5.88 Å². The Hall–Kier alpha value is -2.05. The summed E-state index contributed by atoms with van der Waals surface area (Å²) >= 11 is 6.07. The summed E-state index contributed by atoms with van der Waals surface area (Å²) < 4.78 is 7.23. The molecule has 26 heavy (non-hydrogen) atoms. The zero-order valence-electron chi connectivity index (χ0n) is 14.8. The van der Waals surface area contributed by atoms with Crippen molar-refractivity contribution in [2.75, 3.05) is 26.2 Å². The number of hydrogen-bond donors (Lipinski definition) is 1. The highest BCUT2D eigenvalue weighted by Crippen LogP contribution is 2.48. The normalized spacial score (nSPS) is 23.5. The predicted molar refractivity (Wildman–Crippen MR) is 99.3 cm³/mol. The van der Waals surface area contributed by atoms with Crippen LogP contribution in [0.2, 0.25) is 5.02 Å². The standard InChI is InChI=1S/C19H23ClN4O2/c1-23-11-18(22-12-23)26-19(25)24(10-17-15-8-21-9-16(15)17)6-5-13-3-2-4-14(20)7-13/h2-4,7,11-12,15-17,21H,5-6,8-10H2,1H3. The van der Waals surface area contributed by atoms with Gasteiger partial charge in [0, 0.05) is 25.2 Å². The first kappa shape index (κ1) is 17.4. The number of nitrogens with one attached hydrogen (secondary N) is 1. The Morgan fingerprint density at radius 1 is 1.42 bits per heavy atom. The van der Waals surface area contributed by atoms with Gasteiger partial charge in [0.05, 0.1) is 12.5 Å². The van der Waals surface area contributed by atoms with Crippen molar-refractivity contribution in [1.29, 1.82) is 0 Å². The number of carbonyl (C=O) groups is 1. The third-order valence-corrected chi connectivity index (χ3v) is 5.63. The first-order valence-corrected chi connectivity index (χ1v) is 9.38. The lowest BCUT2D eigenvalue weighted by Gasteiger charge is -2.22. The van der Waals surface area contributed by atoms with Crippen molar-refractivity contribution in [3.8, 4) is 5.88 Å². The number of imidazole rings is 1. The topological polar surface area (TPSA) is 59.4 Å². The Morgan fingerprint density at radius 2 is 2.23 bits per heavy atom. The van der Waals surface area contributed by atoms with Gasteiger partial charge < -0.3 is 19.5 Å². The number of aryl methyl sites for hydroxylation is 1. The second kappa shape index (κ2) is 7.29. The van der Waals surface area contributed by atoms with Gasteiger partial charge in [-0.1, -0.05) is 23.7 Å². The van der Waals surface area contributed by atoms with Crippen molar-refractivity contribution in [3.05, 3.63) is 47.4 Å². The minimum atomic E-state index is -0.330. The molecule has 2 aliphatic rings. The molecule has 2 aromatic rings. The number of benzene rings is 1. The predicted octanol–water partition coefficient (Wildman–Crippen LogP) is 2.58.